The van der Waals surface area contributed by atoms with E-state index in [-0.39, 0.29) is 15.8 Å². The van der Waals surface area contributed by atoms with Crippen LogP contribution in [0, 0.1) is 0 Å². The molecule has 0 aliphatic carbocycles. The molecule has 0 saturated heterocycles. The Morgan fingerprint density at radius 3 is 2.38 bits per heavy atom. The molecule has 0 aliphatic heterocycles. The number of rotatable bonds is 3. The fourth-order valence-corrected chi connectivity index (χ4v) is 1.82. The lowest BCUT2D eigenvalue weighted by atomic mass is 10.2. The van der Waals surface area contributed by atoms with Gasteiger partial charge in [-0.05, 0) is 46.3 Å². The van der Waals surface area contributed by atoms with Crippen LogP contribution in [0.25, 0.3) is 0 Å². The highest BCUT2D eigenvalue weighted by molar-refractivity contribution is 9.10. The summed E-state index contributed by atoms with van der Waals surface area (Å²) < 4.78 is 43.9. The van der Waals surface area contributed by atoms with Crippen LogP contribution < -0.4 is 4.74 Å². The van der Waals surface area contributed by atoms with Crippen molar-refractivity contribution in [2.75, 3.05) is 0 Å². The van der Waals surface area contributed by atoms with E-state index in [0.717, 1.165) is 6.07 Å². The first-order valence-corrected chi connectivity index (χ1v) is 6.30. The molecule has 21 heavy (non-hydrogen) atoms. The summed E-state index contributed by atoms with van der Waals surface area (Å²) in [5, 5.41) is 8.74. The summed E-state index contributed by atoms with van der Waals surface area (Å²) in [5.41, 5.74) is -1.03. The Morgan fingerprint density at radius 2 is 1.86 bits per heavy atom. The van der Waals surface area contributed by atoms with E-state index in [1.165, 1.54) is 30.5 Å². The van der Waals surface area contributed by atoms with Gasteiger partial charge in [-0.2, -0.15) is 13.2 Å². The van der Waals surface area contributed by atoms with Gasteiger partial charge in [0, 0.05) is 10.7 Å². The zero-order chi connectivity index (χ0) is 15.6. The molecule has 0 spiro atoms. The van der Waals surface area contributed by atoms with Crippen molar-refractivity contribution in [1.82, 2.24) is 4.98 Å². The second kappa shape index (κ2) is 5.72. The Morgan fingerprint density at radius 1 is 1.24 bits per heavy atom. The molecule has 0 aliphatic rings. The molecule has 0 unspecified atom stereocenters. The summed E-state index contributed by atoms with van der Waals surface area (Å²) in [6, 6.07) is 5.82. The predicted octanol–water partition coefficient (Wildman–Crippen LogP) is 4.35. The van der Waals surface area contributed by atoms with Crippen LogP contribution in [0.4, 0.5) is 13.2 Å². The summed E-state index contributed by atoms with van der Waals surface area (Å²) in [7, 11) is 0. The zero-order valence-corrected chi connectivity index (χ0v) is 11.8. The molecule has 2 aromatic rings. The van der Waals surface area contributed by atoms with Gasteiger partial charge in [0.05, 0.1) is 5.56 Å². The minimum absolute atomic E-state index is 0.00200. The van der Waals surface area contributed by atoms with Gasteiger partial charge >= 0.3 is 12.1 Å². The SMILES string of the molecule is O=C(O)c1ccc(Oc2ncc(Br)cc2C(F)(F)F)cc1. The smallest absolute Gasteiger partial charge is 0.421 e. The van der Waals surface area contributed by atoms with Crippen LogP contribution in [0.5, 0.6) is 11.6 Å². The summed E-state index contributed by atoms with van der Waals surface area (Å²) in [5.74, 6) is -1.69. The van der Waals surface area contributed by atoms with Crippen LogP contribution in [0.1, 0.15) is 15.9 Å². The molecule has 0 amide bonds. The molecule has 0 saturated carbocycles. The molecule has 1 aromatic carbocycles. The lowest BCUT2D eigenvalue weighted by molar-refractivity contribution is -0.138. The zero-order valence-electron chi connectivity index (χ0n) is 10.2. The number of benzene rings is 1. The van der Waals surface area contributed by atoms with Crippen LogP contribution in [0.2, 0.25) is 0 Å². The Balaban J connectivity index is 2.33. The van der Waals surface area contributed by atoms with Gasteiger partial charge in [0.1, 0.15) is 11.3 Å². The van der Waals surface area contributed by atoms with E-state index in [1.54, 1.807) is 0 Å². The summed E-state index contributed by atoms with van der Waals surface area (Å²) in [4.78, 5) is 14.3. The monoisotopic (exact) mass is 361 g/mol. The molecule has 1 heterocycles. The van der Waals surface area contributed by atoms with Crippen molar-refractivity contribution in [2.45, 2.75) is 6.18 Å². The fourth-order valence-electron chi connectivity index (χ4n) is 1.49. The summed E-state index contributed by atoms with van der Waals surface area (Å²) in [6.07, 6.45) is -3.44. The van der Waals surface area contributed by atoms with E-state index >= 15 is 0 Å². The normalized spacial score (nSPS) is 11.2. The Hall–Kier alpha value is -2.09. The standard InChI is InChI=1S/C13H7BrF3NO3/c14-8-5-10(13(15,16)17)11(18-6-8)21-9-3-1-7(2-4-9)12(19)20/h1-6H,(H,19,20). The number of ether oxygens (including phenoxy) is 1. The van der Waals surface area contributed by atoms with Gasteiger partial charge in [0.25, 0.3) is 0 Å². The molecule has 1 N–H and O–H groups in total. The van der Waals surface area contributed by atoms with Gasteiger partial charge in [-0.3, -0.25) is 0 Å². The molecule has 110 valence electrons. The van der Waals surface area contributed by atoms with Crippen molar-refractivity contribution in [3.63, 3.8) is 0 Å². The van der Waals surface area contributed by atoms with E-state index in [9.17, 15) is 18.0 Å². The molecule has 0 radical (unpaired) electrons. The van der Waals surface area contributed by atoms with E-state index in [4.69, 9.17) is 9.84 Å². The average molecular weight is 362 g/mol. The number of halogens is 4. The molecule has 0 bridgehead atoms. The van der Waals surface area contributed by atoms with E-state index in [2.05, 4.69) is 20.9 Å². The molecule has 8 heteroatoms. The van der Waals surface area contributed by atoms with Crippen molar-refractivity contribution in [1.29, 1.82) is 0 Å². The number of pyridine rings is 1. The Kier molecular flexibility index (Phi) is 4.17. The summed E-state index contributed by atoms with van der Waals surface area (Å²) in [6.45, 7) is 0. The van der Waals surface area contributed by atoms with Crippen molar-refractivity contribution >= 4 is 21.9 Å². The second-order valence-electron chi connectivity index (χ2n) is 3.94. The molecule has 4 nitrogen and oxygen atoms in total. The number of carbonyl (C=O) groups is 1. The number of nitrogens with zero attached hydrogens (tertiary/aromatic N) is 1. The lowest BCUT2D eigenvalue weighted by Crippen LogP contribution is -2.08. The maximum atomic E-state index is 12.9. The number of hydrogen-bond donors (Lipinski definition) is 1. The average Bonchev–Trinajstić information content (AvgIpc) is 2.40. The van der Waals surface area contributed by atoms with Gasteiger partial charge < -0.3 is 9.84 Å². The number of carboxylic acids is 1. The van der Waals surface area contributed by atoms with E-state index in [1.807, 2.05) is 0 Å². The number of alkyl halides is 3. The van der Waals surface area contributed by atoms with Crippen LogP contribution in [0.15, 0.2) is 41.0 Å². The molecule has 0 fully saturated rings. The van der Waals surface area contributed by atoms with E-state index < -0.39 is 23.6 Å². The number of carboxylic acid groups (broad SMARTS) is 1. The van der Waals surface area contributed by atoms with Crippen LogP contribution in [-0.4, -0.2) is 16.1 Å². The minimum Gasteiger partial charge on any atom is -0.478 e. The van der Waals surface area contributed by atoms with Gasteiger partial charge in [-0.25, -0.2) is 9.78 Å². The highest BCUT2D eigenvalue weighted by Gasteiger charge is 2.35. The molecular formula is C13H7BrF3NO3. The maximum absolute atomic E-state index is 12.9. The number of aromatic nitrogens is 1. The summed E-state index contributed by atoms with van der Waals surface area (Å²) >= 11 is 2.92. The highest BCUT2D eigenvalue weighted by Crippen LogP contribution is 2.38. The molecular weight excluding hydrogens is 355 g/mol. The quantitative estimate of drug-likeness (QED) is 0.882. The molecule has 1 aromatic heterocycles. The minimum atomic E-state index is -4.62. The van der Waals surface area contributed by atoms with Crippen molar-refractivity contribution in [2.24, 2.45) is 0 Å². The largest absolute Gasteiger partial charge is 0.478 e. The third-order valence-corrected chi connectivity index (χ3v) is 2.87. The van der Waals surface area contributed by atoms with Crippen molar-refractivity contribution in [3.8, 4) is 11.6 Å². The van der Waals surface area contributed by atoms with Crippen molar-refractivity contribution < 1.29 is 27.8 Å². The van der Waals surface area contributed by atoms with Gasteiger partial charge in [-0.1, -0.05) is 0 Å². The van der Waals surface area contributed by atoms with Crippen LogP contribution >= 0.6 is 15.9 Å². The van der Waals surface area contributed by atoms with Crippen LogP contribution in [-0.2, 0) is 6.18 Å². The lowest BCUT2D eigenvalue weighted by Gasteiger charge is -2.12. The third kappa shape index (κ3) is 3.72. The predicted molar refractivity (Wildman–Crippen MR) is 70.4 cm³/mol. The number of hydrogen-bond acceptors (Lipinski definition) is 3. The first kappa shape index (κ1) is 15.3. The van der Waals surface area contributed by atoms with Gasteiger partial charge in [0.2, 0.25) is 5.88 Å². The highest BCUT2D eigenvalue weighted by atomic mass is 79.9. The first-order chi connectivity index (χ1) is 9.77. The maximum Gasteiger partial charge on any atom is 0.421 e. The Bertz CT molecular complexity index is 671. The van der Waals surface area contributed by atoms with Crippen LogP contribution in [0.3, 0.4) is 0 Å². The second-order valence-corrected chi connectivity index (χ2v) is 4.85. The third-order valence-electron chi connectivity index (χ3n) is 2.44. The van der Waals surface area contributed by atoms with E-state index in [0.29, 0.717) is 0 Å². The van der Waals surface area contributed by atoms with Gasteiger partial charge in [0.15, 0.2) is 0 Å². The molecule has 0 atom stereocenters. The fraction of sp³-hybridized carbons (Fsp3) is 0.0769. The topological polar surface area (TPSA) is 59.4 Å². The Labute approximate surface area is 125 Å². The molecule has 2 rings (SSSR count). The van der Waals surface area contributed by atoms with Gasteiger partial charge in [-0.15, -0.1) is 0 Å². The van der Waals surface area contributed by atoms with Crippen molar-refractivity contribution in [3.05, 3.63) is 52.1 Å². The number of aromatic carboxylic acids is 1. The first-order valence-electron chi connectivity index (χ1n) is 5.51.